The Bertz CT molecular complexity index is 97.9. The standard InChI is InChI=1S/C9H20.C5H14Si/c1-8(2)6-5-7-9(3)4;1-5(2)3-4-6/h8-9H,5-7H2,1-4H3;5H,3-4H2,1-2,6H3. The first kappa shape index (κ1) is 17.6. The summed E-state index contributed by atoms with van der Waals surface area (Å²) in [6.45, 7) is 13.7. The fourth-order valence-corrected chi connectivity index (χ4v) is 2.67. The molecule has 0 saturated carbocycles. The zero-order chi connectivity index (χ0) is 12.3. The van der Waals surface area contributed by atoms with E-state index in [2.05, 4.69) is 41.5 Å². The quantitative estimate of drug-likeness (QED) is 0.597. The lowest BCUT2D eigenvalue weighted by Crippen LogP contribution is -1.90. The highest BCUT2D eigenvalue weighted by Gasteiger charge is 1.95. The molecule has 94 valence electrons. The second-order valence-corrected chi connectivity index (χ2v) is 6.90. The van der Waals surface area contributed by atoms with E-state index in [0.717, 1.165) is 17.8 Å². The van der Waals surface area contributed by atoms with Gasteiger partial charge in [-0.15, -0.1) is 0 Å². The Hall–Kier alpha value is 0.217. The molecule has 0 aromatic carbocycles. The highest BCUT2D eigenvalue weighted by atomic mass is 28.1. The molecule has 0 aromatic heterocycles. The van der Waals surface area contributed by atoms with Crippen LogP contribution in [0.25, 0.3) is 0 Å². The van der Waals surface area contributed by atoms with Crippen molar-refractivity contribution in [2.75, 3.05) is 0 Å². The third-order valence-electron chi connectivity index (χ3n) is 2.43. The maximum Gasteiger partial charge on any atom is 0.00281 e. The Morgan fingerprint density at radius 2 is 1.00 bits per heavy atom. The molecule has 0 aliphatic rings. The highest BCUT2D eigenvalue weighted by Crippen LogP contribution is 2.10. The molecular formula is C14H34Si. The zero-order valence-electron chi connectivity index (χ0n) is 12.3. The van der Waals surface area contributed by atoms with Gasteiger partial charge in [-0.25, -0.2) is 0 Å². The van der Waals surface area contributed by atoms with Crippen molar-refractivity contribution in [1.29, 1.82) is 0 Å². The van der Waals surface area contributed by atoms with Gasteiger partial charge in [0.15, 0.2) is 0 Å². The summed E-state index contributed by atoms with van der Waals surface area (Å²) in [4.78, 5) is 0. The summed E-state index contributed by atoms with van der Waals surface area (Å²) < 4.78 is 0. The first-order chi connectivity index (χ1) is 6.90. The van der Waals surface area contributed by atoms with Crippen LogP contribution >= 0.6 is 0 Å². The monoisotopic (exact) mass is 230 g/mol. The van der Waals surface area contributed by atoms with Gasteiger partial charge in [-0.05, 0) is 17.8 Å². The molecule has 1 heteroatoms. The van der Waals surface area contributed by atoms with Gasteiger partial charge in [0, 0.05) is 10.2 Å². The van der Waals surface area contributed by atoms with E-state index in [1.54, 1.807) is 0 Å². The Morgan fingerprint density at radius 3 is 1.13 bits per heavy atom. The predicted molar refractivity (Wildman–Crippen MR) is 77.7 cm³/mol. The minimum atomic E-state index is 0.892. The van der Waals surface area contributed by atoms with Gasteiger partial charge in [0.25, 0.3) is 0 Å². The number of hydrogen-bond donors (Lipinski definition) is 0. The van der Waals surface area contributed by atoms with E-state index in [0.29, 0.717) is 0 Å². The molecule has 15 heavy (non-hydrogen) atoms. The van der Waals surface area contributed by atoms with Crippen LogP contribution in [-0.4, -0.2) is 10.2 Å². The maximum absolute atomic E-state index is 2.29. The molecule has 0 rings (SSSR count). The number of rotatable bonds is 6. The van der Waals surface area contributed by atoms with E-state index in [1.807, 2.05) is 0 Å². The molecule has 0 atom stereocenters. The van der Waals surface area contributed by atoms with Crippen LogP contribution in [0.4, 0.5) is 0 Å². The second-order valence-electron chi connectivity index (χ2n) is 5.90. The molecular weight excluding hydrogens is 196 g/mol. The van der Waals surface area contributed by atoms with Gasteiger partial charge in [0.05, 0.1) is 0 Å². The molecule has 0 spiro atoms. The zero-order valence-corrected chi connectivity index (χ0v) is 14.3. The molecule has 0 heterocycles. The summed E-state index contributed by atoms with van der Waals surface area (Å²) in [5.74, 6) is 2.72. The minimum Gasteiger partial charge on any atom is -0.0656 e. The van der Waals surface area contributed by atoms with Gasteiger partial charge in [-0.1, -0.05) is 73.3 Å². The van der Waals surface area contributed by atoms with Crippen molar-refractivity contribution in [3.63, 3.8) is 0 Å². The van der Waals surface area contributed by atoms with Crippen molar-refractivity contribution in [1.82, 2.24) is 0 Å². The average molecular weight is 231 g/mol. The van der Waals surface area contributed by atoms with Crippen LogP contribution < -0.4 is 0 Å². The van der Waals surface area contributed by atoms with Gasteiger partial charge < -0.3 is 0 Å². The lowest BCUT2D eigenvalue weighted by molar-refractivity contribution is 0.480. The largest absolute Gasteiger partial charge is 0.0656 e. The van der Waals surface area contributed by atoms with Crippen molar-refractivity contribution in [3.8, 4) is 0 Å². The molecule has 0 bridgehead atoms. The van der Waals surface area contributed by atoms with Crippen molar-refractivity contribution >= 4 is 10.2 Å². The van der Waals surface area contributed by atoms with Crippen LogP contribution in [0.5, 0.6) is 0 Å². The van der Waals surface area contributed by atoms with Gasteiger partial charge >= 0.3 is 0 Å². The molecule has 0 aliphatic heterocycles. The van der Waals surface area contributed by atoms with Crippen molar-refractivity contribution in [3.05, 3.63) is 0 Å². The van der Waals surface area contributed by atoms with Gasteiger partial charge in [0.1, 0.15) is 0 Å². The first-order valence-electron chi connectivity index (χ1n) is 6.90. The highest BCUT2D eigenvalue weighted by molar-refractivity contribution is 6.08. The second kappa shape index (κ2) is 12.3. The van der Waals surface area contributed by atoms with Gasteiger partial charge in [-0.3, -0.25) is 0 Å². The third-order valence-corrected chi connectivity index (χ3v) is 3.01. The van der Waals surface area contributed by atoms with Crippen LogP contribution in [0.1, 0.15) is 67.2 Å². The lowest BCUT2D eigenvalue weighted by atomic mass is 10.0. The van der Waals surface area contributed by atoms with E-state index in [4.69, 9.17) is 0 Å². The fraction of sp³-hybridized carbons (Fsp3) is 1.00. The minimum absolute atomic E-state index is 0.892. The molecule has 0 N–H and O–H groups in total. The molecule has 0 fully saturated rings. The Kier molecular flexibility index (Phi) is 14.4. The summed E-state index contributed by atoms with van der Waals surface area (Å²) in [6, 6.07) is 1.47. The maximum atomic E-state index is 2.29. The van der Waals surface area contributed by atoms with Crippen molar-refractivity contribution < 1.29 is 0 Å². The fourth-order valence-electron chi connectivity index (χ4n) is 1.51. The predicted octanol–water partition coefficient (Wildman–Crippen LogP) is 4.28. The Balaban J connectivity index is 0. The Labute approximate surface area is 102 Å². The molecule has 0 aliphatic carbocycles. The third kappa shape index (κ3) is 25.0. The van der Waals surface area contributed by atoms with Crippen molar-refractivity contribution in [2.45, 2.75) is 73.3 Å². The van der Waals surface area contributed by atoms with E-state index in [-0.39, 0.29) is 0 Å². The van der Waals surface area contributed by atoms with Crippen LogP contribution in [0, 0.1) is 17.8 Å². The topological polar surface area (TPSA) is 0 Å². The summed E-state index contributed by atoms with van der Waals surface area (Å²) in [5, 5.41) is 0. The van der Waals surface area contributed by atoms with E-state index in [9.17, 15) is 0 Å². The van der Waals surface area contributed by atoms with Crippen molar-refractivity contribution in [2.24, 2.45) is 17.8 Å². The summed E-state index contributed by atoms with van der Waals surface area (Å²) in [7, 11) is 1.39. The number of hydrogen-bond acceptors (Lipinski definition) is 0. The molecule has 0 aromatic rings. The summed E-state index contributed by atoms with van der Waals surface area (Å²) >= 11 is 0. The van der Waals surface area contributed by atoms with E-state index >= 15 is 0 Å². The van der Waals surface area contributed by atoms with Gasteiger partial charge in [0.2, 0.25) is 0 Å². The van der Waals surface area contributed by atoms with Gasteiger partial charge in [-0.2, -0.15) is 0 Å². The van der Waals surface area contributed by atoms with Crippen LogP contribution in [-0.2, 0) is 0 Å². The Morgan fingerprint density at radius 1 is 0.667 bits per heavy atom. The molecule has 0 radical (unpaired) electrons. The molecule has 0 amide bonds. The van der Waals surface area contributed by atoms with E-state index < -0.39 is 0 Å². The van der Waals surface area contributed by atoms with Crippen LogP contribution in [0.2, 0.25) is 6.04 Å². The normalized spacial score (nSPS) is 11.0. The first-order valence-corrected chi connectivity index (χ1v) is 8.31. The average Bonchev–Trinajstić information content (AvgIpc) is 2.03. The van der Waals surface area contributed by atoms with Crippen LogP contribution in [0.15, 0.2) is 0 Å². The van der Waals surface area contributed by atoms with Crippen LogP contribution in [0.3, 0.4) is 0 Å². The summed E-state index contributed by atoms with van der Waals surface area (Å²) in [6.07, 6.45) is 5.65. The SMILES string of the molecule is CC(C)CCCC(C)C.CC(C)CC[SiH3]. The smallest absolute Gasteiger partial charge is 0.00281 e. The van der Waals surface area contributed by atoms with E-state index in [1.165, 1.54) is 42.0 Å². The molecule has 0 unspecified atom stereocenters. The molecule has 0 saturated heterocycles. The molecule has 0 nitrogen and oxygen atoms in total. The summed E-state index contributed by atoms with van der Waals surface area (Å²) in [5.41, 5.74) is 0. The lowest BCUT2D eigenvalue weighted by Gasteiger charge is -2.05.